The molecule has 14 heavy (non-hydrogen) atoms. The van der Waals surface area contributed by atoms with Gasteiger partial charge in [-0.05, 0) is 0 Å². The van der Waals surface area contributed by atoms with Crippen LogP contribution < -0.4 is 0 Å². The van der Waals surface area contributed by atoms with Crippen LogP contribution in [-0.4, -0.2) is 23.3 Å². The molecule has 1 heterocycles. The normalized spacial score (nSPS) is 15.6. The smallest absolute Gasteiger partial charge is 0.253 e. The van der Waals surface area contributed by atoms with Crippen LogP contribution in [0.25, 0.3) is 0 Å². The maximum absolute atomic E-state index is 11.2. The first-order valence-electron chi connectivity index (χ1n) is 4.51. The van der Waals surface area contributed by atoms with E-state index in [0.717, 1.165) is 12.0 Å². The summed E-state index contributed by atoms with van der Waals surface area (Å²) in [4.78, 5) is 23.6. The number of carbonyl (C=O) groups excluding carboxylic acids is 2. The second kappa shape index (κ2) is 3.54. The summed E-state index contributed by atoms with van der Waals surface area (Å²) in [6.07, 6.45) is 3.35. The molecule has 0 saturated heterocycles. The molecule has 1 aliphatic rings. The van der Waals surface area contributed by atoms with E-state index in [1.807, 2.05) is 24.3 Å². The first kappa shape index (κ1) is 8.81. The van der Waals surface area contributed by atoms with E-state index in [0.29, 0.717) is 6.54 Å². The van der Waals surface area contributed by atoms with Gasteiger partial charge in [-0.2, -0.15) is 23.8 Å². The van der Waals surface area contributed by atoms with Gasteiger partial charge in [-0.15, -0.1) is 0 Å². The van der Waals surface area contributed by atoms with Gasteiger partial charge in [0.25, 0.3) is 11.8 Å². The van der Waals surface area contributed by atoms with Gasteiger partial charge in [0.05, 0.1) is 0 Å². The fourth-order valence-electron chi connectivity index (χ4n) is 1.47. The molecule has 0 radical (unpaired) electrons. The summed E-state index contributed by atoms with van der Waals surface area (Å²) in [5, 5.41) is 0. The number of hydrogen-bond acceptors (Lipinski definition) is 2. The quantitative estimate of drug-likeness (QED) is 0.521. The summed E-state index contributed by atoms with van der Waals surface area (Å²) in [6, 6.07) is 7.86. The van der Waals surface area contributed by atoms with Crippen molar-refractivity contribution in [1.82, 2.24) is 4.90 Å². The van der Waals surface area contributed by atoms with Crippen LogP contribution in [-0.2, 0) is 16.0 Å². The van der Waals surface area contributed by atoms with E-state index in [2.05, 4.69) is 0 Å². The first-order valence-corrected chi connectivity index (χ1v) is 4.51. The maximum Gasteiger partial charge on any atom is 0.253 e. The summed E-state index contributed by atoms with van der Waals surface area (Å²) in [7, 11) is 0. The Morgan fingerprint density at radius 2 is 1.93 bits per heavy atom. The van der Waals surface area contributed by atoms with Crippen molar-refractivity contribution < 1.29 is 9.59 Å². The predicted molar refractivity (Wildman–Crippen MR) is 51.6 cm³/mol. The predicted octanol–water partition coefficient (Wildman–Crippen LogP) is 0.873. The zero-order valence-corrected chi connectivity index (χ0v) is 7.64. The molecule has 0 aromatic heterocycles. The maximum atomic E-state index is 11.2. The molecule has 2 rings (SSSR count). The van der Waals surface area contributed by atoms with Crippen LogP contribution in [0, 0.1) is 0 Å². The number of hydrogen-bond donors (Lipinski definition) is 0. The van der Waals surface area contributed by atoms with Crippen molar-refractivity contribution in [2.75, 3.05) is 6.54 Å². The number of carbonyl (C=O) groups is 2. The lowest BCUT2D eigenvalue weighted by atomic mass is 10.2. The van der Waals surface area contributed by atoms with Crippen LogP contribution in [0.15, 0.2) is 36.4 Å². The van der Waals surface area contributed by atoms with E-state index in [4.69, 9.17) is 0 Å². The van der Waals surface area contributed by atoms with Gasteiger partial charge in [-0.25, -0.2) is 6.07 Å². The summed E-state index contributed by atoms with van der Waals surface area (Å²) < 4.78 is 0. The van der Waals surface area contributed by atoms with Crippen molar-refractivity contribution in [2.45, 2.75) is 6.42 Å². The van der Waals surface area contributed by atoms with Crippen molar-refractivity contribution in [3.63, 3.8) is 0 Å². The van der Waals surface area contributed by atoms with Crippen molar-refractivity contribution in [3.05, 3.63) is 42.0 Å². The molecule has 0 fully saturated rings. The Kier molecular flexibility index (Phi) is 2.23. The van der Waals surface area contributed by atoms with Gasteiger partial charge in [0.1, 0.15) is 0 Å². The zero-order valence-electron chi connectivity index (χ0n) is 7.64. The number of rotatable bonds is 3. The third-order valence-corrected chi connectivity index (χ3v) is 2.26. The molecule has 0 unspecified atom stereocenters. The molecular formula is C11H10NO2-. The molecule has 72 valence electrons. The Bertz CT molecular complexity index is 358. The molecule has 0 saturated carbocycles. The molecule has 0 atom stereocenters. The SMILES string of the molecule is O=C1C=CC(=O)N1CCc1cc[cH-]c1. The van der Waals surface area contributed by atoms with Gasteiger partial charge in [0.15, 0.2) is 0 Å². The van der Waals surface area contributed by atoms with Crippen LogP contribution >= 0.6 is 0 Å². The minimum atomic E-state index is -0.207. The Labute approximate surface area is 82.0 Å². The summed E-state index contributed by atoms with van der Waals surface area (Å²) in [5.41, 5.74) is 1.15. The largest absolute Gasteiger partial charge is 0.276 e. The standard InChI is InChI=1S/C11H10NO2/c13-10-5-6-11(14)12(10)8-7-9-3-1-2-4-9/h1-6H,7-8H2/q-1. The van der Waals surface area contributed by atoms with E-state index in [1.54, 1.807) is 0 Å². The van der Waals surface area contributed by atoms with Crippen molar-refractivity contribution in [2.24, 2.45) is 0 Å². The first-order chi connectivity index (χ1) is 6.77. The Morgan fingerprint density at radius 1 is 1.21 bits per heavy atom. The molecule has 3 nitrogen and oxygen atoms in total. The van der Waals surface area contributed by atoms with Gasteiger partial charge in [-0.1, -0.05) is 6.42 Å². The molecule has 0 aliphatic carbocycles. The van der Waals surface area contributed by atoms with Gasteiger partial charge in [-0.3, -0.25) is 14.5 Å². The van der Waals surface area contributed by atoms with Crippen molar-refractivity contribution >= 4 is 11.8 Å². The minimum Gasteiger partial charge on any atom is -0.276 e. The molecule has 0 spiro atoms. The lowest BCUT2D eigenvalue weighted by molar-refractivity contribution is -0.136. The summed E-state index contributed by atoms with van der Waals surface area (Å²) in [6.45, 7) is 0.467. The Morgan fingerprint density at radius 3 is 2.50 bits per heavy atom. The van der Waals surface area contributed by atoms with Gasteiger partial charge in [0.2, 0.25) is 0 Å². The second-order valence-corrected chi connectivity index (χ2v) is 3.20. The highest BCUT2D eigenvalue weighted by atomic mass is 16.2. The Hall–Kier alpha value is -1.77. The van der Waals surface area contributed by atoms with E-state index in [9.17, 15) is 9.59 Å². The molecule has 1 aromatic rings. The summed E-state index contributed by atoms with van der Waals surface area (Å²) >= 11 is 0. The highest BCUT2D eigenvalue weighted by Gasteiger charge is 2.21. The average Bonchev–Trinajstić information content (AvgIpc) is 2.76. The van der Waals surface area contributed by atoms with Crippen LogP contribution in [0.5, 0.6) is 0 Å². The van der Waals surface area contributed by atoms with Gasteiger partial charge >= 0.3 is 0 Å². The van der Waals surface area contributed by atoms with Gasteiger partial charge < -0.3 is 0 Å². The van der Waals surface area contributed by atoms with E-state index >= 15 is 0 Å². The second-order valence-electron chi connectivity index (χ2n) is 3.20. The monoisotopic (exact) mass is 188 g/mol. The summed E-state index contributed by atoms with van der Waals surface area (Å²) in [5.74, 6) is -0.414. The lowest BCUT2D eigenvalue weighted by Crippen LogP contribution is -2.31. The molecule has 0 bridgehead atoms. The molecule has 1 aromatic carbocycles. The topological polar surface area (TPSA) is 37.4 Å². The van der Waals surface area contributed by atoms with Crippen molar-refractivity contribution in [3.8, 4) is 0 Å². The van der Waals surface area contributed by atoms with Crippen LogP contribution in [0.4, 0.5) is 0 Å². The van der Waals surface area contributed by atoms with E-state index in [1.165, 1.54) is 17.1 Å². The van der Waals surface area contributed by atoms with Gasteiger partial charge in [0, 0.05) is 18.7 Å². The molecule has 3 heteroatoms. The third-order valence-electron chi connectivity index (χ3n) is 2.26. The highest BCUT2D eigenvalue weighted by Crippen LogP contribution is 2.07. The van der Waals surface area contributed by atoms with Crippen LogP contribution in [0.1, 0.15) is 5.56 Å². The van der Waals surface area contributed by atoms with E-state index in [-0.39, 0.29) is 11.8 Å². The molecule has 1 aliphatic heterocycles. The van der Waals surface area contributed by atoms with Crippen LogP contribution in [0.3, 0.4) is 0 Å². The minimum absolute atomic E-state index is 0.207. The number of imide groups is 1. The number of amides is 2. The number of nitrogens with zero attached hydrogens (tertiary/aromatic N) is 1. The average molecular weight is 188 g/mol. The molecule has 0 N–H and O–H groups in total. The fraction of sp³-hybridized carbons (Fsp3) is 0.182. The third kappa shape index (κ3) is 1.62. The Balaban J connectivity index is 1.93. The fourth-order valence-corrected chi connectivity index (χ4v) is 1.47. The van der Waals surface area contributed by atoms with E-state index < -0.39 is 0 Å². The lowest BCUT2D eigenvalue weighted by Gasteiger charge is -2.14. The molecule has 2 amide bonds. The highest BCUT2D eigenvalue weighted by molar-refractivity contribution is 6.12. The van der Waals surface area contributed by atoms with Crippen molar-refractivity contribution in [1.29, 1.82) is 0 Å². The van der Waals surface area contributed by atoms with Crippen LogP contribution in [0.2, 0.25) is 0 Å². The molecular weight excluding hydrogens is 178 g/mol. The zero-order chi connectivity index (χ0) is 9.97.